The van der Waals surface area contributed by atoms with E-state index in [-0.39, 0.29) is 6.61 Å². The van der Waals surface area contributed by atoms with E-state index in [0.29, 0.717) is 6.42 Å². The number of allylic oxidation sites excluding steroid dienone is 1. The van der Waals surface area contributed by atoms with Crippen molar-refractivity contribution >= 4 is 5.97 Å². The van der Waals surface area contributed by atoms with Crippen molar-refractivity contribution in [2.24, 2.45) is 5.92 Å². The Morgan fingerprint density at radius 2 is 2.17 bits per heavy atom. The van der Waals surface area contributed by atoms with Gasteiger partial charge in [0.05, 0.1) is 12.5 Å². The number of rotatable bonds is 7. The molecule has 0 aliphatic heterocycles. The van der Waals surface area contributed by atoms with E-state index < -0.39 is 11.9 Å². The third-order valence-electron chi connectivity index (χ3n) is 1.78. The monoisotopic (exact) mass is 172 g/mol. The molecule has 0 bridgehead atoms. The molecule has 2 N–H and O–H groups in total. The van der Waals surface area contributed by atoms with Crippen molar-refractivity contribution in [2.75, 3.05) is 6.61 Å². The number of aliphatic hydroxyl groups excluding tert-OH is 1. The number of hydrogen-bond acceptors (Lipinski definition) is 2. The fourth-order valence-corrected chi connectivity index (χ4v) is 0.972. The van der Waals surface area contributed by atoms with Gasteiger partial charge in [0.1, 0.15) is 0 Å². The Kier molecular flexibility index (Phi) is 6.38. The van der Waals surface area contributed by atoms with Gasteiger partial charge in [-0.15, -0.1) is 6.58 Å². The molecule has 3 nitrogen and oxygen atoms in total. The van der Waals surface area contributed by atoms with Gasteiger partial charge in [-0.2, -0.15) is 0 Å². The standard InChI is InChI=1S/C9H16O3/c1-2-3-4-5-6-8(7-10)9(11)12/h2,8,10H,1,3-7H2,(H,11,12). The van der Waals surface area contributed by atoms with Crippen molar-refractivity contribution < 1.29 is 15.0 Å². The molecule has 0 radical (unpaired) electrons. The van der Waals surface area contributed by atoms with E-state index in [4.69, 9.17) is 10.2 Å². The van der Waals surface area contributed by atoms with Gasteiger partial charge in [-0.25, -0.2) is 0 Å². The highest BCUT2D eigenvalue weighted by Gasteiger charge is 2.14. The van der Waals surface area contributed by atoms with Crippen LogP contribution in [0.2, 0.25) is 0 Å². The fraction of sp³-hybridized carbons (Fsp3) is 0.667. The van der Waals surface area contributed by atoms with Gasteiger partial charge in [-0.1, -0.05) is 12.5 Å². The van der Waals surface area contributed by atoms with E-state index in [1.54, 1.807) is 0 Å². The lowest BCUT2D eigenvalue weighted by Crippen LogP contribution is -2.17. The lowest BCUT2D eigenvalue weighted by atomic mass is 10.0. The highest BCUT2D eigenvalue weighted by atomic mass is 16.4. The number of aliphatic hydroxyl groups is 1. The summed E-state index contributed by atoms with van der Waals surface area (Å²) in [6, 6.07) is 0. The summed E-state index contributed by atoms with van der Waals surface area (Å²) in [5.74, 6) is -1.49. The molecule has 0 aliphatic carbocycles. The van der Waals surface area contributed by atoms with Crippen LogP contribution in [-0.2, 0) is 4.79 Å². The van der Waals surface area contributed by atoms with Gasteiger partial charge < -0.3 is 10.2 Å². The van der Waals surface area contributed by atoms with Crippen LogP contribution in [0.15, 0.2) is 12.7 Å². The van der Waals surface area contributed by atoms with Crippen LogP contribution in [0.4, 0.5) is 0 Å². The quantitative estimate of drug-likeness (QED) is 0.451. The van der Waals surface area contributed by atoms with Gasteiger partial charge in [-0.05, 0) is 19.3 Å². The number of carbonyl (C=O) groups is 1. The maximum Gasteiger partial charge on any atom is 0.308 e. The predicted molar refractivity (Wildman–Crippen MR) is 46.9 cm³/mol. The van der Waals surface area contributed by atoms with E-state index in [1.165, 1.54) is 0 Å². The minimum atomic E-state index is -0.906. The lowest BCUT2D eigenvalue weighted by Gasteiger charge is -2.07. The highest BCUT2D eigenvalue weighted by Crippen LogP contribution is 2.09. The SMILES string of the molecule is C=CCCCCC(CO)C(=O)O. The van der Waals surface area contributed by atoms with Crippen LogP contribution in [0.25, 0.3) is 0 Å². The Labute approximate surface area is 72.7 Å². The normalized spacial score (nSPS) is 12.4. The molecule has 0 aliphatic rings. The molecular weight excluding hydrogens is 156 g/mol. The number of unbranched alkanes of at least 4 members (excludes halogenated alkanes) is 2. The second kappa shape index (κ2) is 6.85. The summed E-state index contributed by atoms with van der Waals surface area (Å²) in [6.07, 6.45) is 5.07. The minimum Gasteiger partial charge on any atom is -0.481 e. The maximum atomic E-state index is 10.4. The number of aliphatic carboxylic acids is 1. The van der Waals surface area contributed by atoms with E-state index in [2.05, 4.69) is 6.58 Å². The third kappa shape index (κ3) is 4.91. The summed E-state index contributed by atoms with van der Waals surface area (Å²) < 4.78 is 0. The molecule has 3 heteroatoms. The molecule has 0 fully saturated rings. The Hall–Kier alpha value is -0.830. The first-order chi connectivity index (χ1) is 5.72. The molecule has 0 heterocycles. The van der Waals surface area contributed by atoms with Gasteiger partial charge in [-0.3, -0.25) is 4.79 Å². The maximum absolute atomic E-state index is 10.4. The largest absolute Gasteiger partial charge is 0.481 e. The van der Waals surface area contributed by atoms with Crippen LogP contribution in [0.3, 0.4) is 0 Å². The van der Waals surface area contributed by atoms with Crippen molar-refractivity contribution in [3.05, 3.63) is 12.7 Å². The zero-order valence-corrected chi connectivity index (χ0v) is 7.20. The summed E-state index contributed by atoms with van der Waals surface area (Å²) in [7, 11) is 0. The van der Waals surface area contributed by atoms with E-state index in [9.17, 15) is 4.79 Å². The number of carboxylic acids is 1. The summed E-state index contributed by atoms with van der Waals surface area (Å²) >= 11 is 0. The molecule has 0 aromatic carbocycles. The molecule has 0 saturated carbocycles. The molecule has 1 atom stereocenters. The highest BCUT2D eigenvalue weighted by molar-refractivity contribution is 5.69. The summed E-state index contributed by atoms with van der Waals surface area (Å²) in [4.78, 5) is 10.4. The molecule has 70 valence electrons. The Morgan fingerprint density at radius 3 is 2.58 bits per heavy atom. The van der Waals surface area contributed by atoms with E-state index in [1.807, 2.05) is 6.08 Å². The number of hydrogen-bond donors (Lipinski definition) is 2. The molecular formula is C9H16O3. The summed E-state index contributed by atoms with van der Waals surface area (Å²) in [6.45, 7) is 3.31. The molecule has 0 aromatic heterocycles. The molecule has 1 unspecified atom stereocenters. The van der Waals surface area contributed by atoms with Gasteiger partial charge in [0.2, 0.25) is 0 Å². The zero-order valence-electron chi connectivity index (χ0n) is 7.20. The van der Waals surface area contributed by atoms with Crippen LogP contribution in [0.1, 0.15) is 25.7 Å². The van der Waals surface area contributed by atoms with Gasteiger partial charge >= 0.3 is 5.97 Å². The summed E-state index contributed by atoms with van der Waals surface area (Å²) in [5.41, 5.74) is 0. The van der Waals surface area contributed by atoms with Crippen LogP contribution < -0.4 is 0 Å². The first-order valence-electron chi connectivity index (χ1n) is 4.17. The van der Waals surface area contributed by atoms with Crippen LogP contribution >= 0.6 is 0 Å². The minimum absolute atomic E-state index is 0.260. The van der Waals surface area contributed by atoms with Crippen molar-refractivity contribution in [2.45, 2.75) is 25.7 Å². The van der Waals surface area contributed by atoms with Crippen molar-refractivity contribution in [1.29, 1.82) is 0 Å². The number of carboxylic acid groups (broad SMARTS) is 1. The zero-order chi connectivity index (χ0) is 9.40. The molecule has 0 spiro atoms. The molecule has 0 amide bonds. The third-order valence-corrected chi connectivity index (χ3v) is 1.78. The Bertz CT molecular complexity index is 143. The topological polar surface area (TPSA) is 57.5 Å². The van der Waals surface area contributed by atoms with Gasteiger partial charge in [0.25, 0.3) is 0 Å². The average molecular weight is 172 g/mol. The predicted octanol–water partition coefficient (Wildman–Crippen LogP) is 1.43. The second-order valence-electron chi connectivity index (χ2n) is 2.79. The molecule has 0 rings (SSSR count). The first kappa shape index (κ1) is 11.2. The summed E-state index contributed by atoms with van der Waals surface area (Å²) in [5, 5.41) is 17.2. The van der Waals surface area contributed by atoms with Crippen LogP contribution in [0, 0.1) is 5.92 Å². The Morgan fingerprint density at radius 1 is 1.50 bits per heavy atom. The van der Waals surface area contributed by atoms with Gasteiger partial charge in [0.15, 0.2) is 0 Å². The van der Waals surface area contributed by atoms with Crippen LogP contribution in [0.5, 0.6) is 0 Å². The first-order valence-corrected chi connectivity index (χ1v) is 4.17. The molecule has 0 aromatic rings. The molecule has 12 heavy (non-hydrogen) atoms. The Balaban J connectivity index is 3.44. The van der Waals surface area contributed by atoms with Crippen molar-refractivity contribution in [1.82, 2.24) is 0 Å². The van der Waals surface area contributed by atoms with Crippen LogP contribution in [-0.4, -0.2) is 22.8 Å². The lowest BCUT2D eigenvalue weighted by molar-refractivity contribution is -0.143. The van der Waals surface area contributed by atoms with Crippen molar-refractivity contribution in [3.63, 3.8) is 0 Å². The van der Waals surface area contributed by atoms with Gasteiger partial charge in [0, 0.05) is 0 Å². The fourth-order valence-electron chi connectivity index (χ4n) is 0.972. The second-order valence-corrected chi connectivity index (χ2v) is 2.79. The average Bonchev–Trinajstić information content (AvgIpc) is 2.04. The smallest absolute Gasteiger partial charge is 0.308 e. The van der Waals surface area contributed by atoms with E-state index in [0.717, 1.165) is 19.3 Å². The van der Waals surface area contributed by atoms with Crippen molar-refractivity contribution in [3.8, 4) is 0 Å². The van der Waals surface area contributed by atoms with E-state index >= 15 is 0 Å². The molecule has 0 saturated heterocycles.